The normalized spacial score (nSPS) is 9.12. The highest BCUT2D eigenvalue weighted by Gasteiger charge is 1.77. The summed E-state index contributed by atoms with van der Waals surface area (Å²) in [4.78, 5) is 2.01. The molecule has 0 bridgehead atoms. The molecular weight excluding hydrogens is 98.1 g/mol. The van der Waals surface area contributed by atoms with E-state index in [0.29, 0.717) is 0 Å². The van der Waals surface area contributed by atoms with Crippen molar-refractivity contribution in [2.45, 2.75) is 6.92 Å². The summed E-state index contributed by atoms with van der Waals surface area (Å²) in [6.07, 6.45) is 8.53. The molecule has 0 saturated carbocycles. The molecule has 0 aliphatic heterocycles. The molecule has 0 atom stereocenters. The molecule has 0 unspecified atom stereocenters. The van der Waals surface area contributed by atoms with Gasteiger partial charge < -0.3 is 4.90 Å². The number of nitrogens with zero attached hydrogens (tertiary/aromatic N) is 1. The molecule has 0 N–H and O–H groups in total. The quantitative estimate of drug-likeness (QED) is 0.480. The van der Waals surface area contributed by atoms with Crippen molar-refractivity contribution < 1.29 is 0 Å². The lowest BCUT2D eigenvalue weighted by Gasteiger charge is -2.07. The Bertz CT molecular complexity index is 108. The van der Waals surface area contributed by atoms with Crippen LogP contribution in [0.4, 0.5) is 0 Å². The maximum atomic E-state index is 4.97. The van der Waals surface area contributed by atoms with Gasteiger partial charge in [0, 0.05) is 25.9 Å². The first kappa shape index (κ1) is 7.10. The van der Waals surface area contributed by atoms with Gasteiger partial charge in [0.1, 0.15) is 0 Å². The number of terminal acetylenes is 1. The Balaban J connectivity index is 3.40. The van der Waals surface area contributed by atoms with Crippen LogP contribution in [0.2, 0.25) is 0 Å². The number of allylic oxidation sites excluding steroid dienone is 1. The van der Waals surface area contributed by atoms with Gasteiger partial charge in [0.15, 0.2) is 0 Å². The van der Waals surface area contributed by atoms with E-state index in [2.05, 4.69) is 12.8 Å². The average molecular weight is 109 g/mol. The molecule has 0 fully saturated rings. The van der Waals surface area contributed by atoms with Crippen molar-refractivity contribution in [1.29, 1.82) is 0 Å². The molecule has 1 heteroatoms. The summed E-state index contributed by atoms with van der Waals surface area (Å²) in [6.45, 7) is 3.07. The van der Waals surface area contributed by atoms with Crippen LogP contribution in [-0.2, 0) is 0 Å². The van der Waals surface area contributed by atoms with Gasteiger partial charge in [0.05, 0.1) is 0 Å². The Hall–Kier alpha value is -0.900. The molecule has 0 aromatic heterocycles. The molecule has 0 saturated heterocycles. The SMILES string of the molecule is C#CC=CN(C)CC. The van der Waals surface area contributed by atoms with Crippen LogP contribution in [0.1, 0.15) is 6.92 Å². The van der Waals surface area contributed by atoms with Crippen molar-refractivity contribution in [2.24, 2.45) is 0 Å². The molecule has 0 rings (SSSR count). The Labute approximate surface area is 51.0 Å². The zero-order valence-corrected chi connectivity index (χ0v) is 5.39. The zero-order valence-electron chi connectivity index (χ0n) is 5.39. The summed E-state index contributed by atoms with van der Waals surface area (Å²) >= 11 is 0. The fraction of sp³-hybridized carbons (Fsp3) is 0.429. The minimum Gasteiger partial charge on any atom is -0.380 e. The molecule has 0 amide bonds. The first-order chi connectivity index (χ1) is 3.81. The summed E-state index contributed by atoms with van der Waals surface area (Å²) in [5.41, 5.74) is 0. The maximum Gasteiger partial charge on any atom is 0.0141 e. The minimum atomic E-state index is 0.998. The average Bonchev–Trinajstić information content (AvgIpc) is 1.83. The van der Waals surface area contributed by atoms with Gasteiger partial charge in [0.2, 0.25) is 0 Å². The van der Waals surface area contributed by atoms with Crippen molar-refractivity contribution in [2.75, 3.05) is 13.6 Å². The molecule has 0 aliphatic rings. The second-order valence-corrected chi connectivity index (χ2v) is 1.56. The van der Waals surface area contributed by atoms with E-state index in [0.717, 1.165) is 6.54 Å². The highest BCUT2D eigenvalue weighted by Crippen LogP contribution is 1.79. The third-order valence-corrected chi connectivity index (χ3v) is 0.924. The predicted molar refractivity (Wildman–Crippen MR) is 36.3 cm³/mol. The Morgan fingerprint density at radius 2 is 2.38 bits per heavy atom. The summed E-state index contributed by atoms with van der Waals surface area (Å²) in [5, 5.41) is 0. The van der Waals surface area contributed by atoms with E-state index in [4.69, 9.17) is 6.42 Å². The van der Waals surface area contributed by atoms with Crippen LogP contribution in [0.25, 0.3) is 0 Å². The zero-order chi connectivity index (χ0) is 6.41. The first-order valence-corrected chi connectivity index (χ1v) is 2.64. The molecule has 0 radical (unpaired) electrons. The van der Waals surface area contributed by atoms with Gasteiger partial charge in [-0.15, -0.1) is 6.42 Å². The lowest BCUT2D eigenvalue weighted by atomic mass is 10.6. The van der Waals surface area contributed by atoms with Gasteiger partial charge in [-0.3, -0.25) is 0 Å². The minimum absolute atomic E-state index is 0.998. The summed E-state index contributed by atoms with van der Waals surface area (Å²) < 4.78 is 0. The van der Waals surface area contributed by atoms with Crippen LogP contribution in [-0.4, -0.2) is 18.5 Å². The van der Waals surface area contributed by atoms with E-state index in [1.54, 1.807) is 6.08 Å². The topological polar surface area (TPSA) is 3.24 Å². The lowest BCUT2D eigenvalue weighted by molar-refractivity contribution is 0.484. The highest BCUT2D eigenvalue weighted by atomic mass is 15.1. The molecule has 0 heterocycles. The van der Waals surface area contributed by atoms with Crippen molar-refractivity contribution in [3.63, 3.8) is 0 Å². The molecule has 0 spiro atoms. The Morgan fingerprint density at radius 3 is 2.75 bits per heavy atom. The standard InChI is InChI=1S/C7H11N/c1-4-6-7-8(3)5-2/h1,6-7H,5H2,2-3H3. The second kappa shape index (κ2) is 4.26. The monoisotopic (exact) mass is 109 g/mol. The number of hydrogen-bond acceptors (Lipinski definition) is 1. The summed E-state index contributed by atoms with van der Waals surface area (Å²) in [7, 11) is 1.98. The van der Waals surface area contributed by atoms with Gasteiger partial charge >= 0.3 is 0 Å². The molecular formula is C7H11N. The van der Waals surface area contributed by atoms with E-state index in [-0.39, 0.29) is 0 Å². The van der Waals surface area contributed by atoms with E-state index < -0.39 is 0 Å². The smallest absolute Gasteiger partial charge is 0.0141 e. The van der Waals surface area contributed by atoms with Crippen LogP contribution in [0.5, 0.6) is 0 Å². The molecule has 0 aromatic rings. The fourth-order valence-corrected chi connectivity index (χ4v) is 0.276. The third-order valence-electron chi connectivity index (χ3n) is 0.924. The Kier molecular flexibility index (Phi) is 3.78. The van der Waals surface area contributed by atoms with Gasteiger partial charge in [-0.2, -0.15) is 0 Å². The van der Waals surface area contributed by atoms with Gasteiger partial charge in [-0.25, -0.2) is 0 Å². The fourth-order valence-electron chi connectivity index (χ4n) is 0.276. The number of hydrogen-bond donors (Lipinski definition) is 0. The van der Waals surface area contributed by atoms with Gasteiger partial charge in [0.25, 0.3) is 0 Å². The van der Waals surface area contributed by atoms with E-state index in [9.17, 15) is 0 Å². The third kappa shape index (κ3) is 3.30. The van der Waals surface area contributed by atoms with Crippen molar-refractivity contribution in [3.8, 4) is 12.3 Å². The van der Waals surface area contributed by atoms with E-state index in [1.807, 2.05) is 18.1 Å². The van der Waals surface area contributed by atoms with E-state index in [1.165, 1.54) is 0 Å². The number of rotatable bonds is 2. The van der Waals surface area contributed by atoms with Gasteiger partial charge in [-0.05, 0) is 6.92 Å². The maximum absolute atomic E-state index is 4.97. The lowest BCUT2D eigenvalue weighted by Crippen LogP contribution is -2.07. The Morgan fingerprint density at radius 1 is 1.75 bits per heavy atom. The predicted octanol–water partition coefficient (Wildman–Crippen LogP) is 1.08. The van der Waals surface area contributed by atoms with Crippen molar-refractivity contribution >= 4 is 0 Å². The van der Waals surface area contributed by atoms with Crippen LogP contribution in [0, 0.1) is 12.3 Å². The molecule has 0 aromatic carbocycles. The van der Waals surface area contributed by atoms with Crippen LogP contribution >= 0.6 is 0 Å². The second-order valence-electron chi connectivity index (χ2n) is 1.56. The van der Waals surface area contributed by atoms with Crippen LogP contribution in [0.15, 0.2) is 12.3 Å². The molecule has 44 valence electrons. The highest BCUT2D eigenvalue weighted by molar-refractivity contribution is 5.07. The molecule has 0 aliphatic carbocycles. The van der Waals surface area contributed by atoms with E-state index >= 15 is 0 Å². The summed E-state index contributed by atoms with van der Waals surface area (Å²) in [6, 6.07) is 0. The largest absolute Gasteiger partial charge is 0.380 e. The first-order valence-electron chi connectivity index (χ1n) is 2.64. The molecule has 8 heavy (non-hydrogen) atoms. The van der Waals surface area contributed by atoms with Crippen molar-refractivity contribution in [3.05, 3.63) is 12.3 Å². The van der Waals surface area contributed by atoms with Crippen molar-refractivity contribution in [1.82, 2.24) is 4.90 Å². The molecule has 1 nitrogen and oxygen atoms in total. The summed E-state index contributed by atoms with van der Waals surface area (Å²) in [5.74, 6) is 2.41. The van der Waals surface area contributed by atoms with Crippen LogP contribution in [0.3, 0.4) is 0 Å². The van der Waals surface area contributed by atoms with Crippen LogP contribution < -0.4 is 0 Å². The van der Waals surface area contributed by atoms with Gasteiger partial charge in [-0.1, -0.05) is 5.92 Å².